The Morgan fingerprint density at radius 2 is 0.587 bits per heavy atom. The second kappa shape index (κ2) is 21.9. The molecule has 9 aromatic carbocycles. The Labute approximate surface area is 555 Å². The molecule has 0 bridgehead atoms. The van der Waals surface area contributed by atoms with Crippen LogP contribution < -0.4 is 26.2 Å². The van der Waals surface area contributed by atoms with E-state index in [1.54, 1.807) is 0 Å². The number of anilines is 6. The van der Waals surface area contributed by atoms with E-state index >= 15 is 0 Å². The van der Waals surface area contributed by atoms with Gasteiger partial charge in [-0.3, -0.25) is 0 Å². The van der Waals surface area contributed by atoms with Crippen LogP contribution in [0.3, 0.4) is 0 Å². The predicted octanol–water partition coefficient (Wildman–Crippen LogP) is 22.5. The van der Waals surface area contributed by atoms with Crippen LogP contribution >= 0.6 is 0 Å². The van der Waals surface area contributed by atoms with Gasteiger partial charge in [0.2, 0.25) is 0 Å². The van der Waals surface area contributed by atoms with Crippen LogP contribution in [-0.2, 0) is 42.9 Å². The van der Waals surface area contributed by atoms with Crippen molar-refractivity contribution in [3.63, 3.8) is 0 Å². The smallest absolute Gasteiger partial charge is 0.252 e. The molecular formula is C87H101BN4. The molecule has 0 saturated heterocycles. The Balaban J connectivity index is 1.12. The molecule has 0 atom stereocenters. The first kappa shape index (κ1) is 60.5. The van der Waals surface area contributed by atoms with E-state index in [1.165, 1.54) is 87.9 Å². The van der Waals surface area contributed by atoms with Gasteiger partial charge in [-0.25, -0.2) is 0 Å². The third kappa shape index (κ3) is 12.2. The molecule has 0 fully saturated rings. The molecule has 2 aromatic heterocycles. The number of rotatable bonds is 9. The SMILES string of the molecule is [2H]C([2H])(c1cc2c3c(c1)N(c1ccc(C(C)(C)C)cc1)c1cc(-n4c5ccc(CC(C)(C)C)cc5c5cc(CC(C)(C)C)ccc54)ccc1B3c1ccc(-n3c4ccc(CC(C)(C)C)cc4c4cc(CC(C)(C)C)ccc43)cc1N2c1ccc(C(C)(C)C)cc1)C(C)(C)C. The lowest BCUT2D eigenvalue weighted by Gasteiger charge is -2.45. The zero-order chi connectivity index (χ0) is 67.5. The summed E-state index contributed by atoms with van der Waals surface area (Å²) in [6.07, 6.45) is 2.18. The third-order valence-corrected chi connectivity index (χ3v) is 18.8. The molecule has 0 unspecified atom stereocenters. The second-order valence-electron chi connectivity index (χ2n) is 35.5. The van der Waals surface area contributed by atoms with E-state index in [1.807, 2.05) is 20.8 Å². The number of benzene rings is 9. The molecule has 0 radical (unpaired) electrons. The van der Waals surface area contributed by atoms with Crippen LogP contribution in [0.1, 0.15) is 187 Å². The molecule has 4 nitrogen and oxygen atoms in total. The van der Waals surface area contributed by atoms with Crippen molar-refractivity contribution in [3.05, 3.63) is 209 Å². The van der Waals surface area contributed by atoms with Crippen molar-refractivity contribution >= 4 is 101 Å². The van der Waals surface area contributed by atoms with Crippen LogP contribution in [0.4, 0.5) is 34.1 Å². The largest absolute Gasteiger partial charge is 0.311 e. The van der Waals surface area contributed by atoms with Gasteiger partial charge in [0.25, 0.3) is 6.71 Å². The van der Waals surface area contributed by atoms with E-state index < -0.39 is 11.8 Å². The van der Waals surface area contributed by atoms with Crippen LogP contribution in [0.5, 0.6) is 0 Å². The number of hydrogen-bond donors (Lipinski definition) is 0. The number of nitrogens with zero attached hydrogens (tertiary/aromatic N) is 4. The van der Waals surface area contributed by atoms with Crippen LogP contribution in [0.25, 0.3) is 55.0 Å². The topological polar surface area (TPSA) is 16.3 Å². The molecule has 2 aliphatic rings. The van der Waals surface area contributed by atoms with Gasteiger partial charge in [0, 0.05) is 69.8 Å². The molecule has 0 saturated carbocycles. The first-order chi connectivity index (χ1) is 43.7. The zero-order valence-corrected chi connectivity index (χ0v) is 59.4. The summed E-state index contributed by atoms with van der Waals surface area (Å²) in [7, 11) is 0. The standard InChI is InChI=1S/C87H101BN4/c1-81(2,3)50-55-22-38-72-66(42-55)67-43-56(51-82(4,5)6)23-39-73(67)91(72)64-34-36-70-76(48-64)89(62-30-26-60(27-31-62)86(16,17)18)78-46-59(54-85(13,14)15)47-79-80(78)88(70)71-37-35-65(49-77(71)90(79)63-32-28-61(29-33-63)87(19,20)21)92-74-40-24-57(52-83(7,8)9)44-68(74)69-45-58(25-41-75(69)92)53-84(10,11)12/h22-49H,50-54H2,1-21H3/i54D2. The maximum atomic E-state index is 10.3. The Morgan fingerprint density at radius 1 is 0.293 bits per heavy atom. The summed E-state index contributed by atoms with van der Waals surface area (Å²) in [5, 5.41) is 5.09. The molecule has 472 valence electrons. The van der Waals surface area contributed by atoms with Gasteiger partial charge in [0.15, 0.2) is 0 Å². The fourth-order valence-corrected chi connectivity index (χ4v) is 15.2. The van der Waals surface area contributed by atoms with Gasteiger partial charge in [0.1, 0.15) is 0 Å². The molecule has 0 spiro atoms. The fourth-order valence-electron chi connectivity index (χ4n) is 15.2. The molecule has 5 heteroatoms. The van der Waals surface area contributed by atoms with Crippen LogP contribution in [0.2, 0.25) is 0 Å². The molecule has 0 amide bonds. The average Bonchev–Trinajstić information content (AvgIpc) is 0.781. The highest BCUT2D eigenvalue weighted by molar-refractivity contribution is 7.00. The van der Waals surface area contributed by atoms with Crippen molar-refractivity contribution in [2.24, 2.45) is 27.1 Å². The van der Waals surface area contributed by atoms with E-state index in [-0.39, 0.29) is 39.2 Å². The molecule has 4 heterocycles. The maximum Gasteiger partial charge on any atom is 0.252 e. The van der Waals surface area contributed by atoms with E-state index in [2.05, 4.69) is 313 Å². The minimum Gasteiger partial charge on any atom is -0.311 e. The normalized spacial score (nSPS) is 14.6. The van der Waals surface area contributed by atoms with Gasteiger partial charge in [-0.2, -0.15) is 0 Å². The Bertz CT molecular complexity index is 4360. The molecule has 0 N–H and O–H groups in total. The van der Waals surface area contributed by atoms with E-state index in [0.717, 1.165) is 76.6 Å². The Morgan fingerprint density at radius 3 is 0.859 bits per heavy atom. The fraction of sp³-hybridized carbons (Fsp3) is 0.379. The van der Waals surface area contributed by atoms with Gasteiger partial charge in [-0.1, -0.05) is 206 Å². The first-order valence-electron chi connectivity index (χ1n) is 35.1. The lowest BCUT2D eigenvalue weighted by Crippen LogP contribution is -2.61. The molecule has 13 rings (SSSR count). The van der Waals surface area contributed by atoms with Crippen molar-refractivity contribution < 1.29 is 2.74 Å². The van der Waals surface area contributed by atoms with Crippen molar-refractivity contribution in [2.45, 2.75) is 188 Å². The van der Waals surface area contributed by atoms with Crippen molar-refractivity contribution in [2.75, 3.05) is 9.80 Å². The van der Waals surface area contributed by atoms with Crippen molar-refractivity contribution in [3.8, 4) is 11.4 Å². The number of fused-ring (bicyclic) bond motifs is 10. The zero-order valence-electron chi connectivity index (χ0n) is 61.4. The second-order valence-corrected chi connectivity index (χ2v) is 35.5. The highest BCUT2D eigenvalue weighted by atomic mass is 15.2. The average molecular weight is 1220 g/mol. The van der Waals surface area contributed by atoms with E-state index in [4.69, 9.17) is 0 Å². The summed E-state index contributed by atoms with van der Waals surface area (Å²) in [6.45, 7) is 47.6. The first-order valence-corrected chi connectivity index (χ1v) is 34.1. The number of hydrogen-bond acceptors (Lipinski definition) is 2. The molecule has 0 aliphatic carbocycles. The van der Waals surface area contributed by atoms with E-state index in [9.17, 15) is 2.74 Å². The quantitative estimate of drug-likeness (QED) is 0.134. The van der Waals surface area contributed by atoms with Crippen LogP contribution in [0.15, 0.2) is 170 Å². The van der Waals surface area contributed by atoms with Gasteiger partial charge >= 0.3 is 0 Å². The molecular weight excluding hydrogens is 1110 g/mol. The third-order valence-electron chi connectivity index (χ3n) is 18.8. The summed E-state index contributed by atoms with van der Waals surface area (Å²) < 4.78 is 25.7. The summed E-state index contributed by atoms with van der Waals surface area (Å²) in [6, 6.07) is 66.2. The Hall–Kier alpha value is -7.76. The minimum absolute atomic E-state index is 0.0658. The van der Waals surface area contributed by atoms with Gasteiger partial charge in [-0.15, -0.1) is 0 Å². The lowest BCUT2D eigenvalue weighted by molar-refractivity contribution is 0.411. The molecule has 2 aliphatic heterocycles. The molecule has 92 heavy (non-hydrogen) atoms. The van der Waals surface area contributed by atoms with E-state index in [0.29, 0.717) is 5.56 Å². The number of aromatic nitrogens is 2. The summed E-state index contributed by atoms with van der Waals surface area (Å²) in [4.78, 5) is 4.97. The van der Waals surface area contributed by atoms with Crippen molar-refractivity contribution in [1.82, 2.24) is 9.13 Å². The minimum atomic E-state index is -1.75. The highest BCUT2D eigenvalue weighted by Gasteiger charge is 2.44. The monoisotopic (exact) mass is 1210 g/mol. The van der Waals surface area contributed by atoms with Gasteiger partial charge < -0.3 is 18.9 Å². The van der Waals surface area contributed by atoms with Gasteiger partial charge in [-0.05, 0) is 234 Å². The summed E-state index contributed by atoms with van der Waals surface area (Å²) in [5.41, 5.74) is 24.9. The van der Waals surface area contributed by atoms with Crippen molar-refractivity contribution in [1.29, 1.82) is 0 Å². The lowest BCUT2D eigenvalue weighted by atomic mass is 9.33. The molecule has 11 aromatic rings. The van der Waals surface area contributed by atoms with Gasteiger partial charge in [0.05, 0.1) is 22.1 Å². The maximum absolute atomic E-state index is 10.3. The Kier molecular flexibility index (Phi) is 14.4. The summed E-state index contributed by atoms with van der Waals surface area (Å²) >= 11 is 0. The van der Waals surface area contributed by atoms with Crippen LogP contribution in [0, 0.1) is 27.1 Å². The highest BCUT2D eigenvalue weighted by Crippen LogP contribution is 2.48. The summed E-state index contributed by atoms with van der Waals surface area (Å²) in [5.74, 6) is 0. The predicted molar refractivity (Wildman–Crippen MR) is 402 cm³/mol. The van der Waals surface area contributed by atoms with Crippen LogP contribution in [-0.4, -0.2) is 15.8 Å².